The molecule has 4 rings (SSSR count). The van der Waals surface area contributed by atoms with Crippen LogP contribution in [0.5, 0.6) is 0 Å². The van der Waals surface area contributed by atoms with Gasteiger partial charge in [0, 0.05) is 41.3 Å². The Morgan fingerprint density at radius 2 is 1.56 bits per heavy atom. The van der Waals surface area contributed by atoms with Crippen molar-refractivity contribution >= 4 is 5.91 Å². The van der Waals surface area contributed by atoms with Crippen LogP contribution in [0.3, 0.4) is 0 Å². The summed E-state index contributed by atoms with van der Waals surface area (Å²) in [6.07, 6.45) is -3.08. The minimum Gasteiger partial charge on any atom is -0.350 e. The Morgan fingerprint density at radius 1 is 0.941 bits per heavy atom. The summed E-state index contributed by atoms with van der Waals surface area (Å²) in [4.78, 5) is 16.4. The van der Waals surface area contributed by atoms with Gasteiger partial charge >= 0.3 is 12.4 Å². The molecule has 180 valence electrons. The number of carbonyl (C=O) groups excluding carboxylic acids is 1. The number of hydrogen-bond donors (Lipinski definition) is 1. The molecule has 1 aliphatic rings. The smallest absolute Gasteiger partial charge is 0.350 e. The third kappa shape index (κ3) is 5.07. The Kier molecular flexibility index (Phi) is 6.37. The number of alkyl halides is 6. The topological polar surface area (TPSA) is 59.8 Å². The molecule has 34 heavy (non-hydrogen) atoms. The lowest BCUT2D eigenvalue weighted by molar-refractivity contribution is -0.143. The molecule has 5 nitrogen and oxygen atoms in total. The summed E-state index contributed by atoms with van der Waals surface area (Å²) in [5, 5.41) is 7.08. The summed E-state index contributed by atoms with van der Waals surface area (Å²) < 4.78 is 80.1. The predicted molar refractivity (Wildman–Crippen MR) is 111 cm³/mol. The molecule has 0 saturated carbocycles. The lowest BCUT2D eigenvalue weighted by Crippen LogP contribution is -2.29. The first-order valence-corrected chi connectivity index (χ1v) is 10.6. The van der Waals surface area contributed by atoms with Gasteiger partial charge in [-0.25, -0.2) is 0 Å². The van der Waals surface area contributed by atoms with Crippen molar-refractivity contribution in [1.82, 2.24) is 20.1 Å². The summed E-state index contributed by atoms with van der Waals surface area (Å²) >= 11 is 0. The molecule has 0 bridgehead atoms. The summed E-state index contributed by atoms with van der Waals surface area (Å²) in [6, 6.07) is 4.52. The van der Waals surface area contributed by atoms with Crippen molar-refractivity contribution in [1.29, 1.82) is 0 Å². The van der Waals surface area contributed by atoms with Crippen molar-refractivity contribution in [3.8, 4) is 11.3 Å². The number of fused-ring (bicyclic) bond motifs is 1. The maximum absolute atomic E-state index is 13.1. The van der Waals surface area contributed by atoms with E-state index in [2.05, 4.69) is 15.4 Å². The zero-order valence-corrected chi connectivity index (χ0v) is 17.8. The average molecular weight is 482 g/mol. The highest BCUT2D eigenvalue weighted by molar-refractivity contribution is 5.94. The highest BCUT2D eigenvalue weighted by atomic mass is 19.4. The zero-order chi connectivity index (χ0) is 24.5. The molecule has 0 saturated heterocycles. The Balaban J connectivity index is 1.52. The standard InChI is InChI=1S/C23H20F6N4O/c24-22(25,26)16-11-15(12-17(13-16)23(27,28)29)21(34)31-9-10-33-19-4-2-1-3-18(19)20(32-33)14-5-7-30-8-6-14/h5-8,11-13H,1-4,9-10H2,(H,31,34). The van der Waals surface area contributed by atoms with Crippen LogP contribution in [0.1, 0.15) is 45.6 Å². The maximum atomic E-state index is 13.1. The molecule has 0 fully saturated rings. The third-order valence-corrected chi connectivity index (χ3v) is 5.67. The molecule has 11 heteroatoms. The Labute approximate surface area is 190 Å². The van der Waals surface area contributed by atoms with Gasteiger partial charge in [-0.05, 0) is 56.0 Å². The third-order valence-electron chi connectivity index (χ3n) is 5.67. The van der Waals surface area contributed by atoms with E-state index in [9.17, 15) is 31.1 Å². The molecule has 0 radical (unpaired) electrons. The normalized spacial score (nSPS) is 14.1. The van der Waals surface area contributed by atoms with Gasteiger partial charge in [0.2, 0.25) is 0 Å². The molecular formula is C23H20F6N4O. The van der Waals surface area contributed by atoms with Gasteiger partial charge in [0.05, 0.1) is 23.4 Å². The highest BCUT2D eigenvalue weighted by Crippen LogP contribution is 2.36. The minimum absolute atomic E-state index is 0.00651. The van der Waals surface area contributed by atoms with E-state index in [0.29, 0.717) is 12.1 Å². The van der Waals surface area contributed by atoms with Crippen LogP contribution >= 0.6 is 0 Å². The summed E-state index contributed by atoms with van der Waals surface area (Å²) in [5.41, 5.74) is 0.0752. The van der Waals surface area contributed by atoms with Crippen molar-refractivity contribution in [3.05, 3.63) is 70.7 Å². The van der Waals surface area contributed by atoms with E-state index in [1.54, 1.807) is 17.1 Å². The number of halogens is 6. The first-order chi connectivity index (χ1) is 16.0. The summed E-state index contributed by atoms with van der Waals surface area (Å²) in [7, 11) is 0. The molecule has 1 N–H and O–H groups in total. The first-order valence-electron chi connectivity index (χ1n) is 10.6. The van der Waals surface area contributed by atoms with Crippen LogP contribution in [-0.2, 0) is 31.7 Å². The van der Waals surface area contributed by atoms with Crippen LogP contribution in [0.4, 0.5) is 26.3 Å². The van der Waals surface area contributed by atoms with Gasteiger partial charge in [0.15, 0.2) is 0 Å². The van der Waals surface area contributed by atoms with Gasteiger partial charge in [-0.15, -0.1) is 0 Å². The van der Waals surface area contributed by atoms with Crippen molar-refractivity contribution in [2.24, 2.45) is 0 Å². The molecule has 1 aliphatic carbocycles. The van der Waals surface area contributed by atoms with Gasteiger partial charge < -0.3 is 5.32 Å². The quantitative estimate of drug-likeness (QED) is 0.503. The van der Waals surface area contributed by atoms with Gasteiger partial charge in [-0.1, -0.05) is 0 Å². The van der Waals surface area contributed by atoms with E-state index in [-0.39, 0.29) is 19.2 Å². The van der Waals surface area contributed by atoms with E-state index >= 15 is 0 Å². The zero-order valence-electron chi connectivity index (χ0n) is 17.8. The second-order valence-corrected chi connectivity index (χ2v) is 7.99. The second-order valence-electron chi connectivity index (χ2n) is 7.99. The molecule has 0 atom stereocenters. The van der Waals surface area contributed by atoms with Crippen molar-refractivity contribution in [2.45, 2.75) is 44.6 Å². The fourth-order valence-corrected chi connectivity index (χ4v) is 4.06. The number of hydrogen-bond acceptors (Lipinski definition) is 3. The van der Waals surface area contributed by atoms with E-state index in [4.69, 9.17) is 0 Å². The van der Waals surface area contributed by atoms with Crippen LogP contribution in [0.25, 0.3) is 11.3 Å². The van der Waals surface area contributed by atoms with E-state index < -0.39 is 35.0 Å². The van der Waals surface area contributed by atoms with Gasteiger partial charge in [-0.3, -0.25) is 14.5 Å². The number of rotatable bonds is 5. The Bertz CT molecular complexity index is 1150. The van der Waals surface area contributed by atoms with Crippen LogP contribution < -0.4 is 5.32 Å². The predicted octanol–water partition coefficient (Wildman–Crippen LogP) is 5.29. The SMILES string of the molecule is O=C(NCCn1nc(-c2ccncc2)c2c1CCCC2)c1cc(C(F)(F)F)cc(C(F)(F)F)c1. The molecular weight excluding hydrogens is 462 g/mol. The average Bonchev–Trinajstić information content (AvgIpc) is 3.17. The van der Waals surface area contributed by atoms with Crippen LogP contribution in [0.2, 0.25) is 0 Å². The number of benzene rings is 1. The van der Waals surface area contributed by atoms with Crippen LogP contribution in [0.15, 0.2) is 42.7 Å². The molecule has 2 aromatic heterocycles. The number of nitrogens with one attached hydrogen (secondary N) is 1. The number of pyridine rings is 1. The highest BCUT2D eigenvalue weighted by Gasteiger charge is 2.37. The molecule has 0 spiro atoms. The lowest BCUT2D eigenvalue weighted by atomic mass is 9.94. The van der Waals surface area contributed by atoms with Gasteiger partial charge in [-0.2, -0.15) is 31.4 Å². The molecule has 1 aromatic carbocycles. The number of amides is 1. The van der Waals surface area contributed by atoms with Gasteiger partial charge in [0.1, 0.15) is 0 Å². The van der Waals surface area contributed by atoms with Crippen molar-refractivity contribution in [2.75, 3.05) is 6.54 Å². The van der Waals surface area contributed by atoms with E-state index in [1.807, 2.05) is 12.1 Å². The first kappa shape index (κ1) is 23.8. The lowest BCUT2D eigenvalue weighted by Gasteiger charge is -2.15. The minimum atomic E-state index is -5.02. The fraction of sp³-hybridized carbons (Fsp3) is 0.348. The van der Waals surface area contributed by atoms with Crippen LogP contribution in [0, 0.1) is 0 Å². The Morgan fingerprint density at radius 3 is 2.18 bits per heavy atom. The molecule has 0 aliphatic heterocycles. The molecule has 0 unspecified atom stereocenters. The summed E-state index contributed by atoms with van der Waals surface area (Å²) in [6.45, 7) is 0.213. The van der Waals surface area contributed by atoms with E-state index in [1.165, 1.54) is 0 Å². The maximum Gasteiger partial charge on any atom is 0.416 e. The van der Waals surface area contributed by atoms with Crippen molar-refractivity contribution in [3.63, 3.8) is 0 Å². The summed E-state index contributed by atoms with van der Waals surface area (Å²) in [5.74, 6) is -1.02. The number of aromatic nitrogens is 3. The Hall–Kier alpha value is -3.37. The second kappa shape index (κ2) is 9.11. The molecule has 2 heterocycles. The number of nitrogens with zero attached hydrogens (tertiary/aromatic N) is 3. The monoisotopic (exact) mass is 482 g/mol. The van der Waals surface area contributed by atoms with Gasteiger partial charge in [0.25, 0.3) is 5.91 Å². The molecule has 3 aromatic rings. The fourth-order valence-electron chi connectivity index (χ4n) is 4.06. The van der Waals surface area contributed by atoms with Crippen LogP contribution in [-0.4, -0.2) is 27.2 Å². The van der Waals surface area contributed by atoms with Crippen molar-refractivity contribution < 1.29 is 31.1 Å². The largest absolute Gasteiger partial charge is 0.416 e. The number of carbonyl (C=O) groups is 1. The van der Waals surface area contributed by atoms with E-state index in [0.717, 1.165) is 48.2 Å². The molecule has 1 amide bonds.